The van der Waals surface area contributed by atoms with Crippen LogP contribution in [0.3, 0.4) is 0 Å². The van der Waals surface area contributed by atoms with E-state index in [2.05, 4.69) is 58.3 Å². The van der Waals surface area contributed by atoms with Gasteiger partial charge in [0.15, 0.2) is 0 Å². The number of benzene rings is 1. The Kier molecular flexibility index (Phi) is 4.30. The zero-order valence-electron chi connectivity index (χ0n) is 11.1. The standard InChI is InChI=1S/C14H22BrN3/c1-11-9-14(10-16,7-8-18(11)2)17-13-6-4-3-5-12(13)15/h3-6,11,17H,7-10,16H2,1-2H3. The predicted molar refractivity (Wildman–Crippen MR) is 80.9 cm³/mol. The minimum atomic E-state index is 0.0236. The fourth-order valence-corrected chi connectivity index (χ4v) is 3.02. The summed E-state index contributed by atoms with van der Waals surface area (Å²) in [5.74, 6) is 0. The number of hydrogen-bond donors (Lipinski definition) is 2. The summed E-state index contributed by atoms with van der Waals surface area (Å²) in [6.07, 6.45) is 2.17. The van der Waals surface area contributed by atoms with Crippen LogP contribution in [0, 0.1) is 0 Å². The van der Waals surface area contributed by atoms with Gasteiger partial charge in [0.2, 0.25) is 0 Å². The molecule has 18 heavy (non-hydrogen) atoms. The zero-order valence-corrected chi connectivity index (χ0v) is 12.7. The van der Waals surface area contributed by atoms with Gasteiger partial charge in [0.05, 0.1) is 5.54 Å². The van der Waals surface area contributed by atoms with Crippen LogP contribution in [0.5, 0.6) is 0 Å². The third-order valence-corrected chi connectivity index (χ3v) is 4.74. The van der Waals surface area contributed by atoms with E-state index in [0.717, 1.165) is 29.5 Å². The van der Waals surface area contributed by atoms with E-state index in [1.165, 1.54) is 0 Å². The maximum atomic E-state index is 6.05. The smallest absolute Gasteiger partial charge is 0.0523 e. The highest BCUT2D eigenvalue weighted by molar-refractivity contribution is 9.10. The Hall–Kier alpha value is -0.580. The van der Waals surface area contributed by atoms with E-state index in [4.69, 9.17) is 5.73 Å². The maximum absolute atomic E-state index is 6.05. The van der Waals surface area contributed by atoms with Crippen LogP contribution in [0.1, 0.15) is 19.8 Å². The second-order valence-electron chi connectivity index (χ2n) is 5.37. The van der Waals surface area contributed by atoms with E-state index >= 15 is 0 Å². The summed E-state index contributed by atoms with van der Waals surface area (Å²) in [6.45, 7) is 4.04. The van der Waals surface area contributed by atoms with Crippen LogP contribution in [0.2, 0.25) is 0 Å². The molecule has 1 aliphatic rings. The fourth-order valence-electron chi connectivity index (χ4n) is 2.63. The number of nitrogens with two attached hydrogens (primary N) is 1. The molecule has 0 radical (unpaired) electrons. The molecule has 3 N–H and O–H groups in total. The van der Waals surface area contributed by atoms with E-state index in [1.54, 1.807) is 0 Å². The molecule has 2 unspecified atom stereocenters. The molecule has 1 heterocycles. The Labute approximate surface area is 118 Å². The number of para-hydroxylation sites is 1. The van der Waals surface area contributed by atoms with Gasteiger partial charge in [-0.1, -0.05) is 12.1 Å². The largest absolute Gasteiger partial charge is 0.377 e. The van der Waals surface area contributed by atoms with Crippen molar-refractivity contribution >= 4 is 21.6 Å². The monoisotopic (exact) mass is 311 g/mol. The lowest BCUT2D eigenvalue weighted by Crippen LogP contribution is -2.55. The van der Waals surface area contributed by atoms with E-state index in [1.807, 2.05) is 6.07 Å². The molecule has 0 amide bonds. The highest BCUT2D eigenvalue weighted by atomic mass is 79.9. The van der Waals surface area contributed by atoms with E-state index in [9.17, 15) is 0 Å². The lowest BCUT2D eigenvalue weighted by Gasteiger charge is -2.45. The first-order chi connectivity index (χ1) is 8.56. The van der Waals surface area contributed by atoms with Crippen molar-refractivity contribution in [3.05, 3.63) is 28.7 Å². The SMILES string of the molecule is CC1CC(CN)(Nc2ccccc2Br)CCN1C. The molecule has 3 nitrogen and oxygen atoms in total. The summed E-state index contributed by atoms with van der Waals surface area (Å²) in [5, 5.41) is 3.66. The van der Waals surface area contributed by atoms with Crippen LogP contribution < -0.4 is 11.1 Å². The first-order valence-electron chi connectivity index (χ1n) is 6.49. The molecule has 0 aromatic heterocycles. The minimum Gasteiger partial charge on any atom is -0.377 e. The van der Waals surface area contributed by atoms with Crippen LogP contribution in [-0.4, -0.2) is 36.6 Å². The van der Waals surface area contributed by atoms with Crippen LogP contribution >= 0.6 is 15.9 Å². The summed E-state index contributed by atoms with van der Waals surface area (Å²) in [4.78, 5) is 2.40. The van der Waals surface area contributed by atoms with Crippen molar-refractivity contribution in [1.82, 2.24) is 4.90 Å². The highest BCUT2D eigenvalue weighted by Crippen LogP contribution is 2.32. The summed E-state index contributed by atoms with van der Waals surface area (Å²) in [5.41, 5.74) is 7.21. The van der Waals surface area contributed by atoms with Crippen LogP contribution in [0.15, 0.2) is 28.7 Å². The average molecular weight is 312 g/mol. The second-order valence-corrected chi connectivity index (χ2v) is 6.23. The summed E-state index contributed by atoms with van der Waals surface area (Å²) in [6, 6.07) is 8.81. The topological polar surface area (TPSA) is 41.3 Å². The molecule has 1 fully saturated rings. The van der Waals surface area contributed by atoms with Crippen LogP contribution in [0.25, 0.3) is 0 Å². The van der Waals surface area contributed by atoms with Gasteiger partial charge < -0.3 is 16.0 Å². The van der Waals surface area contributed by atoms with Crippen molar-refractivity contribution in [3.8, 4) is 0 Å². The Morgan fingerprint density at radius 2 is 2.22 bits per heavy atom. The molecule has 0 saturated carbocycles. The van der Waals surface area contributed by atoms with Gasteiger partial charge in [0.25, 0.3) is 0 Å². The van der Waals surface area contributed by atoms with Crippen molar-refractivity contribution in [2.24, 2.45) is 5.73 Å². The predicted octanol–water partition coefficient (Wildman–Crippen LogP) is 2.67. The number of nitrogens with zero attached hydrogens (tertiary/aromatic N) is 1. The van der Waals surface area contributed by atoms with Gasteiger partial charge in [-0.3, -0.25) is 0 Å². The Morgan fingerprint density at radius 3 is 2.83 bits per heavy atom. The van der Waals surface area contributed by atoms with Crippen molar-refractivity contribution < 1.29 is 0 Å². The van der Waals surface area contributed by atoms with Crippen LogP contribution in [-0.2, 0) is 0 Å². The van der Waals surface area contributed by atoms with Crippen molar-refractivity contribution in [3.63, 3.8) is 0 Å². The van der Waals surface area contributed by atoms with Gasteiger partial charge in [0.1, 0.15) is 0 Å². The first kappa shape index (κ1) is 13.8. The summed E-state index contributed by atoms with van der Waals surface area (Å²) < 4.78 is 1.10. The molecule has 1 aromatic carbocycles. The Morgan fingerprint density at radius 1 is 1.50 bits per heavy atom. The van der Waals surface area contributed by atoms with Gasteiger partial charge in [-0.15, -0.1) is 0 Å². The highest BCUT2D eigenvalue weighted by Gasteiger charge is 2.36. The molecule has 4 heteroatoms. The first-order valence-corrected chi connectivity index (χ1v) is 7.29. The third kappa shape index (κ3) is 2.87. The van der Waals surface area contributed by atoms with Crippen molar-refractivity contribution in [1.29, 1.82) is 0 Å². The molecular formula is C14H22BrN3. The average Bonchev–Trinajstić information content (AvgIpc) is 2.37. The molecule has 0 bridgehead atoms. The molecule has 100 valence electrons. The van der Waals surface area contributed by atoms with Gasteiger partial charge in [-0.25, -0.2) is 0 Å². The number of likely N-dealkylation sites (tertiary alicyclic amines) is 1. The van der Waals surface area contributed by atoms with Crippen molar-refractivity contribution in [2.45, 2.75) is 31.3 Å². The van der Waals surface area contributed by atoms with Gasteiger partial charge in [-0.2, -0.15) is 0 Å². The van der Waals surface area contributed by atoms with E-state index in [0.29, 0.717) is 12.6 Å². The Bertz CT molecular complexity index is 410. The maximum Gasteiger partial charge on any atom is 0.0523 e. The third-order valence-electron chi connectivity index (χ3n) is 4.05. The lowest BCUT2D eigenvalue weighted by atomic mass is 9.83. The number of rotatable bonds is 3. The summed E-state index contributed by atoms with van der Waals surface area (Å²) >= 11 is 3.59. The number of halogens is 1. The van der Waals surface area contributed by atoms with E-state index in [-0.39, 0.29) is 5.54 Å². The summed E-state index contributed by atoms with van der Waals surface area (Å²) in [7, 11) is 2.18. The van der Waals surface area contributed by atoms with Gasteiger partial charge in [-0.05, 0) is 54.9 Å². The number of nitrogens with one attached hydrogen (secondary N) is 1. The van der Waals surface area contributed by atoms with Gasteiger partial charge >= 0.3 is 0 Å². The quantitative estimate of drug-likeness (QED) is 0.901. The molecule has 1 saturated heterocycles. The second kappa shape index (κ2) is 5.59. The molecular weight excluding hydrogens is 290 g/mol. The van der Waals surface area contributed by atoms with Gasteiger partial charge in [0, 0.05) is 29.3 Å². The minimum absolute atomic E-state index is 0.0236. The molecule has 0 spiro atoms. The van der Waals surface area contributed by atoms with Crippen molar-refractivity contribution in [2.75, 3.05) is 25.5 Å². The normalized spacial score (nSPS) is 29.2. The number of anilines is 1. The van der Waals surface area contributed by atoms with Crippen LogP contribution in [0.4, 0.5) is 5.69 Å². The fraction of sp³-hybridized carbons (Fsp3) is 0.571. The molecule has 2 rings (SSSR count). The zero-order chi connectivity index (χ0) is 13.2. The molecule has 1 aliphatic heterocycles. The molecule has 0 aliphatic carbocycles. The lowest BCUT2D eigenvalue weighted by molar-refractivity contribution is 0.146. The molecule has 1 aromatic rings. The Balaban J connectivity index is 2.16. The number of hydrogen-bond acceptors (Lipinski definition) is 3. The molecule has 2 atom stereocenters. The van der Waals surface area contributed by atoms with E-state index < -0.39 is 0 Å². The number of piperidine rings is 1.